The maximum absolute atomic E-state index is 13.7. The molecular formula is C26H20N2O3. The van der Waals surface area contributed by atoms with E-state index >= 15 is 0 Å². The number of hydrogen-bond acceptors (Lipinski definition) is 4. The van der Waals surface area contributed by atoms with Crippen LogP contribution in [0.5, 0.6) is 0 Å². The second-order valence-corrected chi connectivity index (χ2v) is 7.67. The van der Waals surface area contributed by atoms with Gasteiger partial charge in [0.05, 0.1) is 11.4 Å². The third-order valence-corrected chi connectivity index (χ3v) is 5.63. The molecule has 5 aromatic rings. The summed E-state index contributed by atoms with van der Waals surface area (Å²) < 4.78 is 7.50. The maximum Gasteiger partial charge on any atom is 0.269 e. The molecule has 0 amide bonds. The fourth-order valence-electron chi connectivity index (χ4n) is 3.91. The number of benzene rings is 3. The van der Waals surface area contributed by atoms with Crippen LogP contribution in [0.25, 0.3) is 33.5 Å². The van der Waals surface area contributed by atoms with Crippen LogP contribution in [0.2, 0.25) is 0 Å². The average molecular weight is 408 g/mol. The number of para-hydroxylation sites is 1. The van der Waals surface area contributed by atoms with Crippen molar-refractivity contribution in [1.82, 2.24) is 9.55 Å². The van der Waals surface area contributed by atoms with Crippen LogP contribution in [0.3, 0.4) is 0 Å². The van der Waals surface area contributed by atoms with Crippen molar-refractivity contribution in [2.45, 2.75) is 19.9 Å². The van der Waals surface area contributed by atoms with Crippen molar-refractivity contribution in [2.75, 3.05) is 0 Å². The zero-order chi connectivity index (χ0) is 21.5. The quantitative estimate of drug-likeness (QED) is 0.390. The van der Waals surface area contributed by atoms with E-state index in [9.17, 15) is 9.59 Å². The van der Waals surface area contributed by atoms with Crippen molar-refractivity contribution >= 4 is 22.1 Å². The molecule has 5 nitrogen and oxygen atoms in total. The summed E-state index contributed by atoms with van der Waals surface area (Å²) in [4.78, 5) is 31.6. The molecule has 0 N–H and O–H groups in total. The normalized spacial score (nSPS) is 12.3. The molecule has 0 bridgehead atoms. The third-order valence-electron chi connectivity index (χ3n) is 5.63. The van der Waals surface area contributed by atoms with Gasteiger partial charge in [-0.25, -0.2) is 0 Å². The molecule has 152 valence electrons. The molecule has 0 saturated heterocycles. The van der Waals surface area contributed by atoms with Crippen LogP contribution in [0, 0.1) is 6.92 Å². The Labute approximate surface area is 178 Å². The Bertz CT molecular complexity index is 1530. The van der Waals surface area contributed by atoms with Gasteiger partial charge >= 0.3 is 0 Å². The lowest BCUT2D eigenvalue weighted by molar-refractivity contribution is 0.597. The third kappa shape index (κ3) is 3.15. The molecule has 0 spiro atoms. The van der Waals surface area contributed by atoms with Crippen molar-refractivity contribution in [2.24, 2.45) is 0 Å². The van der Waals surface area contributed by atoms with E-state index in [1.807, 2.05) is 68.4 Å². The summed E-state index contributed by atoms with van der Waals surface area (Å²) in [5.74, 6) is 0.465. The first-order valence-corrected chi connectivity index (χ1v) is 10.1. The fraction of sp³-hybridized carbons (Fsp3) is 0.115. The lowest BCUT2D eigenvalue weighted by atomic mass is 10.1. The highest BCUT2D eigenvalue weighted by Gasteiger charge is 2.22. The minimum absolute atomic E-state index is 0.0302. The number of aromatic nitrogens is 2. The molecule has 0 saturated carbocycles. The van der Waals surface area contributed by atoms with Crippen molar-refractivity contribution in [1.29, 1.82) is 0 Å². The molecule has 2 aromatic heterocycles. The number of rotatable bonds is 3. The van der Waals surface area contributed by atoms with Gasteiger partial charge in [-0.15, -0.1) is 0 Å². The SMILES string of the molecule is Cc1ccc(-c2nc3oc4ccccc4c(=O)c3c(=O)n2C(C)c2ccccc2)cc1. The van der Waals surface area contributed by atoms with Crippen LogP contribution in [0.15, 0.2) is 92.9 Å². The van der Waals surface area contributed by atoms with Crippen molar-refractivity contribution in [3.63, 3.8) is 0 Å². The van der Waals surface area contributed by atoms with Crippen molar-refractivity contribution < 1.29 is 4.42 Å². The second-order valence-electron chi connectivity index (χ2n) is 7.67. The molecular weight excluding hydrogens is 388 g/mol. The Kier molecular flexibility index (Phi) is 4.51. The van der Waals surface area contributed by atoms with E-state index in [0.29, 0.717) is 16.8 Å². The standard InChI is InChI=1S/C26H20N2O3/c1-16-12-14-19(15-13-16)24-27-25-22(23(29)20-10-6-7-11-21(20)31-25)26(30)28(24)17(2)18-8-4-3-5-9-18/h3-15,17H,1-2H3. The van der Waals surface area contributed by atoms with Crippen LogP contribution in [-0.2, 0) is 0 Å². The van der Waals surface area contributed by atoms with Crippen molar-refractivity contribution in [3.05, 3.63) is 111 Å². The fourth-order valence-corrected chi connectivity index (χ4v) is 3.91. The summed E-state index contributed by atoms with van der Waals surface area (Å²) in [6.07, 6.45) is 0. The molecule has 3 aromatic carbocycles. The van der Waals surface area contributed by atoms with E-state index in [4.69, 9.17) is 4.42 Å². The number of fused-ring (bicyclic) bond motifs is 2. The Morgan fingerprint density at radius 3 is 2.29 bits per heavy atom. The first kappa shape index (κ1) is 19.0. The van der Waals surface area contributed by atoms with E-state index < -0.39 is 5.56 Å². The zero-order valence-corrected chi connectivity index (χ0v) is 17.2. The first-order valence-electron chi connectivity index (χ1n) is 10.1. The predicted molar refractivity (Wildman–Crippen MR) is 122 cm³/mol. The van der Waals surface area contributed by atoms with Gasteiger partial charge in [-0.3, -0.25) is 14.2 Å². The average Bonchev–Trinajstić information content (AvgIpc) is 2.79. The summed E-state index contributed by atoms with van der Waals surface area (Å²) in [6.45, 7) is 3.94. The largest absolute Gasteiger partial charge is 0.437 e. The zero-order valence-electron chi connectivity index (χ0n) is 17.2. The van der Waals surface area contributed by atoms with Crippen LogP contribution in [0.4, 0.5) is 0 Å². The molecule has 2 heterocycles. The number of nitrogens with zero attached hydrogens (tertiary/aromatic N) is 2. The molecule has 0 fully saturated rings. The Morgan fingerprint density at radius 1 is 0.871 bits per heavy atom. The van der Waals surface area contributed by atoms with E-state index in [-0.39, 0.29) is 22.6 Å². The van der Waals surface area contributed by atoms with Gasteiger partial charge < -0.3 is 4.42 Å². The molecule has 1 unspecified atom stereocenters. The lowest BCUT2D eigenvalue weighted by Crippen LogP contribution is -2.30. The van der Waals surface area contributed by atoms with E-state index in [0.717, 1.165) is 16.7 Å². The summed E-state index contributed by atoms with van der Waals surface area (Å²) in [6, 6.07) is 24.1. The van der Waals surface area contributed by atoms with Gasteiger partial charge in [0.15, 0.2) is 5.39 Å². The molecule has 0 aliphatic carbocycles. The lowest BCUT2D eigenvalue weighted by Gasteiger charge is -2.20. The highest BCUT2D eigenvalue weighted by atomic mass is 16.3. The topological polar surface area (TPSA) is 65.1 Å². The van der Waals surface area contributed by atoms with Crippen LogP contribution in [-0.4, -0.2) is 9.55 Å². The Hall–Kier alpha value is -3.99. The van der Waals surface area contributed by atoms with Crippen LogP contribution >= 0.6 is 0 Å². The Morgan fingerprint density at radius 2 is 1.55 bits per heavy atom. The highest BCUT2D eigenvalue weighted by molar-refractivity contribution is 5.88. The summed E-state index contributed by atoms with van der Waals surface area (Å²) >= 11 is 0. The maximum atomic E-state index is 13.7. The van der Waals surface area contributed by atoms with Gasteiger partial charge in [-0.2, -0.15) is 4.98 Å². The van der Waals surface area contributed by atoms with Gasteiger partial charge in [-0.05, 0) is 31.5 Å². The molecule has 0 aliphatic heterocycles. The summed E-state index contributed by atoms with van der Waals surface area (Å²) in [5, 5.41) is 0.341. The highest BCUT2D eigenvalue weighted by Crippen LogP contribution is 2.26. The molecule has 31 heavy (non-hydrogen) atoms. The van der Waals surface area contributed by atoms with Gasteiger partial charge in [0.1, 0.15) is 11.4 Å². The van der Waals surface area contributed by atoms with Gasteiger partial charge in [0.2, 0.25) is 11.1 Å². The second kappa shape index (κ2) is 7.36. The smallest absolute Gasteiger partial charge is 0.269 e. The molecule has 1 atom stereocenters. The minimum atomic E-state index is -0.406. The molecule has 0 aliphatic rings. The van der Waals surface area contributed by atoms with E-state index in [2.05, 4.69) is 4.98 Å². The van der Waals surface area contributed by atoms with E-state index in [1.54, 1.807) is 28.8 Å². The predicted octanol–water partition coefficient (Wildman–Crippen LogP) is 5.09. The first-order chi connectivity index (χ1) is 15.0. The van der Waals surface area contributed by atoms with E-state index in [1.165, 1.54) is 0 Å². The number of aryl methyl sites for hydroxylation is 1. The molecule has 5 heteroatoms. The number of hydrogen-bond donors (Lipinski definition) is 0. The monoisotopic (exact) mass is 408 g/mol. The van der Waals surface area contributed by atoms with Crippen LogP contribution < -0.4 is 11.0 Å². The Balaban J connectivity index is 1.91. The summed E-state index contributed by atoms with van der Waals surface area (Å²) in [7, 11) is 0. The van der Waals surface area contributed by atoms with Gasteiger partial charge in [0.25, 0.3) is 5.56 Å². The van der Waals surface area contributed by atoms with Gasteiger partial charge in [0, 0.05) is 5.56 Å². The molecule has 5 rings (SSSR count). The van der Waals surface area contributed by atoms with Crippen LogP contribution in [0.1, 0.15) is 24.1 Å². The molecule has 0 radical (unpaired) electrons. The minimum Gasteiger partial charge on any atom is -0.437 e. The summed E-state index contributed by atoms with van der Waals surface area (Å²) in [5.41, 5.74) is 2.53. The van der Waals surface area contributed by atoms with Crippen molar-refractivity contribution in [3.8, 4) is 11.4 Å². The van der Waals surface area contributed by atoms with Gasteiger partial charge in [-0.1, -0.05) is 72.3 Å².